The quantitative estimate of drug-likeness (QED) is 0.0880. The Kier molecular flexibility index (Phi) is 11.2. The van der Waals surface area contributed by atoms with Crippen LogP contribution in [0.5, 0.6) is 11.5 Å². The van der Waals surface area contributed by atoms with Crippen molar-refractivity contribution in [2.45, 2.75) is 45.3 Å². The third-order valence-electron chi connectivity index (χ3n) is 8.82. The number of piperidine rings is 1. The summed E-state index contributed by atoms with van der Waals surface area (Å²) in [7, 11) is 8.52. The maximum Gasteiger partial charge on any atom is 0.390 e. The summed E-state index contributed by atoms with van der Waals surface area (Å²) in [6, 6.07) is 3.00. The lowest BCUT2D eigenvalue weighted by atomic mass is 10.0. The number of ether oxygens (including phenoxy) is 2. The number of benzene rings is 1. The van der Waals surface area contributed by atoms with Crippen molar-refractivity contribution in [3.8, 4) is 22.6 Å². The van der Waals surface area contributed by atoms with Crippen LogP contribution in [0.1, 0.15) is 38.4 Å². The topological polar surface area (TPSA) is 160 Å². The van der Waals surface area contributed by atoms with Crippen LogP contribution in [0.3, 0.4) is 0 Å². The van der Waals surface area contributed by atoms with Crippen LogP contribution < -0.4 is 20.3 Å². The fourth-order valence-corrected chi connectivity index (χ4v) is 6.93. The zero-order valence-corrected chi connectivity index (χ0v) is 31.2. The largest absolute Gasteiger partial charge is 0.495 e. The van der Waals surface area contributed by atoms with Crippen molar-refractivity contribution in [1.82, 2.24) is 29.0 Å². The Hall–Kier alpha value is -4.73. The zero-order valence-electron chi connectivity index (χ0n) is 29.6. The molecule has 15 nitrogen and oxygen atoms in total. The molecule has 0 saturated carbocycles. The molecule has 1 aromatic carbocycles. The number of aryl methyl sites for hydroxylation is 1. The number of quaternary nitrogens is 1. The maximum atomic E-state index is 14.5. The van der Waals surface area contributed by atoms with Crippen molar-refractivity contribution >= 4 is 51.9 Å². The van der Waals surface area contributed by atoms with Crippen molar-refractivity contribution in [3.05, 3.63) is 73.0 Å². The lowest BCUT2D eigenvalue weighted by molar-refractivity contribution is -0.898. The summed E-state index contributed by atoms with van der Waals surface area (Å²) >= 11 is 13.5. The number of nitrogens with one attached hydrogen (secondary N) is 1. The number of carbonyl (C=O) groups is 1. The smallest absolute Gasteiger partial charge is 0.390 e. The van der Waals surface area contributed by atoms with Crippen LogP contribution in [0.2, 0.25) is 10.0 Å². The Balaban J connectivity index is 1.41. The molecule has 1 fully saturated rings. The zero-order chi connectivity index (χ0) is 37.2. The number of anilines is 1. The molecule has 1 aliphatic heterocycles. The fraction of sp³-hybridized carbons (Fsp3) is 0.441. The van der Waals surface area contributed by atoms with Crippen molar-refractivity contribution in [1.29, 1.82) is 0 Å². The molecule has 51 heavy (non-hydrogen) atoms. The van der Waals surface area contributed by atoms with E-state index in [1.54, 1.807) is 45.5 Å². The molecule has 4 heterocycles. The number of halogens is 2. The van der Waals surface area contributed by atoms with E-state index >= 15 is 0 Å². The standard InChI is InChI=1S/C34H41Cl2N9O6/c1-20(2)39-34-37-17-21-15-23(28-29(35)25(50-6)16-26(51-7)30(28)36)33(47)43(31(21)40-34)22-10-12-42(13-11-22)27(46)9-8-14-45(4,5)18-24-32(44(48)49)38-19-41(24)3/h8-9,15-17,19-20,22H,10-14,18H2,1-7H3/p+1/b9-8+. The molecule has 17 heteroatoms. The Labute approximate surface area is 305 Å². The summed E-state index contributed by atoms with van der Waals surface area (Å²) in [6.07, 6.45) is 7.39. The van der Waals surface area contributed by atoms with Gasteiger partial charge in [-0.05, 0) is 48.7 Å². The van der Waals surface area contributed by atoms with E-state index in [-0.39, 0.29) is 50.5 Å². The summed E-state index contributed by atoms with van der Waals surface area (Å²) < 4.78 is 14.6. The van der Waals surface area contributed by atoms with Crippen LogP contribution in [0.4, 0.5) is 11.8 Å². The minimum absolute atomic E-state index is 0.0594. The van der Waals surface area contributed by atoms with Crippen LogP contribution in [-0.2, 0) is 18.4 Å². The molecule has 272 valence electrons. The monoisotopic (exact) mass is 742 g/mol. The number of pyridine rings is 1. The SMILES string of the molecule is COc1cc(OC)c(Cl)c(-c2cc3cnc(NC(C)C)nc3n(C3CCN(C(=O)/C=C/C[N+](C)(C)Cc4c([N+](=O)[O-])ncn4C)CC3)c2=O)c1Cl. The summed E-state index contributed by atoms with van der Waals surface area (Å²) in [5, 5.41) is 15.6. The molecule has 4 aromatic rings. The highest BCUT2D eigenvalue weighted by atomic mass is 35.5. The summed E-state index contributed by atoms with van der Waals surface area (Å²) in [5.41, 5.74) is 1.11. The number of nitrogens with zero attached hydrogens (tertiary/aromatic N) is 8. The number of likely N-dealkylation sites (tertiary alicyclic amines) is 1. The summed E-state index contributed by atoms with van der Waals surface area (Å²) in [5.74, 6) is 0.657. The summed E-state index contributed by atoms with van der Waals surface area (Å²) in [6.45, 7) is 5.57. The second-order valence-corrected chi connectivity index (χ2v) is 14.2. The minimum Gasteiger partial charge on any atom is -0.495 e. The lowest BCUT2D eigenvalue weighted by Gasteiger charge is -2.33. The summed E-state index contributed by atoms with van der Waals surface area (Å²) in [4.78, 5) is 53.6. The number of hydrogen-bond donors (Lipinski definition) is 1. The number of rotatable bonds is 12. The van der Waals surface area contributed by atoms with Gasteiger partial charge in [0.2, 0.25) is 18.2 Å². The van der Waals surface area contributed by atoms with Crippen LogP contribution in [0, 0.1) is 10.1 Å². The van der Waals surface area contributed by atoms with E-state index < -0.39 is 4.92 Å². The van der Waals surface area contributed by atoms with Crippen molar-refractivity contribution in [3.63, 3.8) is 0 Å². The molecule has 1 amide bonds. The van der Waals surface area contributed by atoms with Gasteiger partial charge in [0.25, 0.3) is 5.56 Å². The van der Waals surface area contributed by atoms with E-state index in [2.05, 4.69) is 15.3 Å². The molecule has 5 rings (SSSR count). The number of likely N-dealkylation sites (N-methyl/N-ethyl adjacent to an activating group) is 1. The molecule has 0 spiro atoms. The molecule has 0 aliphatic carbocycles. The fourth-order valence-electron chi connectivity index (χ4n) is 6.22. The van der Waals surface area contributed by atoms with Crippen LogP contribution in [-0.4, -0.2) is 98.3 Å². The Morgan fingerprint density at radius 2 is 1.78 bits per heavy atom. The second kappa shape index (κ2) is 15.3. The normalized spacial score (nSPS) is 14.1. The van der Waals surface area contributed by atoms with Crippen molar-refractivity contribution in [2.24, 2.45) is 7.05 Å². The number of amides is 1. The van der Waals surface area contributed by atoms with E-state index in [1.807, 2.05) is 27.9 Å². The Bertz CT molecular complexity index is 2020. The minimum atomic E-state index is -0.486. The maximum absolute atomic E-state index is 14.5. The van der Waals surface area contributed by atoms with E-state index in [0.29, 0.717) is 77.7 Å². The molecule has 1 aliphatic rings. The van der Waals surface area contributed by atoms with Gasteiger partial charge < -0.3 is 38.9 Å². The molecule has 3 aromatic heterocycles. The number of imidazole rings is 1. The van der Waals surface area contributed by atoms with Crippen molar-refractivity contribution in [2.75, 3.05) is 53.3 Å². The Morgan fingerprint density at radius 1 is 1.14 bits per heavy atom. The highest BCUT2D eigenvalue weighted by molar-refractivity contribution is 6.41. The van der Waals surface area contributed by atoms with Gasteiger partial charge >= 0.3 is 5.82 Å². The number of hydrogen-bond acceptors (Lipinski definition) is 10. The third-order valence-corrected chi connectivity index (χ3v) is 9.57. The predicted octanol–water partition coefficient (Wildman–Crippen LogP) is 5.24. The van der Waals surface area contributed by atoms with E-state index in [1.165, 1.54) is 26.6 Å². The molecule has 0 unspecified atom stereocenters. The van der Waals surface area contributed by atoms with Gasteiger partial charge in [-0.25, -0.2) is 4.98 Å². The third kappa shape index (κ3) is 7.95. The van der Waals surface area contributed by atoms with Crippen LogP contribution in [0.15, 0.2) is 41.6 Å². The molecule has 0 radical (unpaired) electrons. The van der Waals surface area contributed by atoms with Gasteiger partial charge in [0.15, 0.2) is 5.69 Å². The van der Waals surface area contributed by atoms with Gasteiger partial charge in [0.05, 0.1) is 50.5 Å². The first-order chi connectivity index (χ1) is 24.1. The van der Waals surface area contributed by atoms with Gasteiger partial charge in [0, 0.05) is 61.5 Å². The number of carbonyl (C=O) groups excluding carboxylic acids is 1. The van der Waals surface area contributed by atoms with Crippen LogP contribution >= 0.6 is 23.2 Å². The first-order valence-electron chi connectivity index (χ1n) is 16.4. The molecule has 1 saturated heterocycles. The first-order valence-corrected chi connectivity index (χ1v) is 17.1. The number of fused-ring (bicyclic) bond motifs is 1. The average molecular weight is 744 g/mol. The number of nitro groups is 1. The predicted molar refractivity (Wildman–Crippen MR) is 196 cm³/mol. The highest BCUT2D eigenvalue weighted by Crippen LogP contribution is 2.45. The van der Waals surface area contributed by atoms with E-state index in [9.17, 15) is 19.7 Å². The van der Waals surface area contributed by atoms with E-state index in [0.717, 1.165) is 0 Å². The number of methoxy groups -OCH3 is 2. The molecular weight excluding hydrogens is 701 g/mol. The second-order valence-electron chi connectivity index (χ2n) is 13.4. The number of aromatic nitrogens is 5. The van der Waals surface area contributed by atoms with Gasteiger partial charge in [-0.2, -0.15) is 4.98 Å². The van der Waals surface area contributed by atoms with E-state index in [4.69, 9.17) is 37.7 Å². The molecule has 0 atom stereocenters. The van der Waals surface area contributed by atoms with Gasteiger partial charge in [-0.15, -0.1) is 0 Å². The first kappa shape index (κ1) is 37.5. The van der Waals surface area contributed by atoms with Gasteiger partial charge in [-0.3, -0.25) is 14.2 Å². The van der Waals surface area contributed by atoms with Gasteiger partial charge in [-0.1, -0.05) is 23.2 Å². The Morgan fingerprint density at radius 3 is 2.37 bits per heavy atom. The molecule has 0 bridgehead atoms. The average Bonchev–Trinajstić information content (AvgIpc) is 3.44. The van der Waals surface area contributed by atoms with Crippen molar-refractivity contribution < 1.29 is 23.7 Å². The lowest BCUT2D eigenvalue weighted by Crippen LogP contribution is -2.41. The molecular formula is C34H42Cl2N9O6+. The highest BCUT2D eigenvalue weighted by Gasteiger charge is 2.30. The van der Waals surface area contributed by atoms with Gasteiger partial charge in [0.1, 0.15) is 23.7 Å². The molecule has 1 N–H and O–H groups in total. The van der Waals surface area contributed by atoms with Crippen LogP contribution in [0.25, 0.3) is 22.2 Å².